The highest BCUT2D eigenvalue weighted by atomic mass is 127. The molecule has 2 N–H and O–H groups in total. The monoisotopic (exact) mass is 519 g/mol. The van der Waals surface area contributed by atoms with E-state index in [0.717, 1.165) is 70.1 Å². The first-order chi connectivity index (χ1) is 13.6. The van der Waals surface area contributed by atoms with Gasteiger partial charge in [0.1, 0.15) is 5.82 Å². The summed E-state index contributed by atoms with van der Waals surface area (Å²) in [4.78, 5) is 30.7. The zero-order chi connectivity index (χ0) is 19.9. The number of amides is 1. The van der Waals surface area contributed by atoms with Gasteiger partial charge >= 0.3 is 5.69 Å². The van der Waals surface area contributed by atoms with Crippen molar-refractivity contribution in [3.05, 3.63) is 16.3 Å². The number of nitrogens with zero attached hydrogens (tertiary/aromatic N) is 5. The molecular weight excluding hydrogens is 485 g/mol. The Labute approximate surface area is 189 Å². The Morgan fingerprint density at radius 1 is 1.28 bits per heavy atom. The van der Waals surface area contributed by atoms with E-state index in [4.69, 9.17) is 0 Å². The van der Waals surface area contributed by atoms with Crippen molar-refractivity contribution >= 4 is 35.8 Å². The fraction of sp³-hybridized carbons (Fsp3) is 0.789. The van der Waals surface area contributed by atoms with Crippen LogP contribution in [0.1, 0.15) is 51.8 Å². The van der Waals surface area contributed by atoms with E-state index < -0.39 is 0 Å². The number of hydrogen-bond acceptors (Lipinski definition) is 4. The van der Waals surface area contributed by atoms with Crippen molar-refractivity contribution in [3.8, 4) is 0 Å². The lowest BCUT2D eigenvalue weighted by Crippen LogP contribution is -2.45. The van der Waals surface area contributed by atoms with Crippen LogP contribution in [0.5, 0.6) is 0 Å². The van der Waals surface area contributed by atoms with Crippen molar-refractivity contribution in [2.24, 2.45) is 4.99 Å². The van der Waals surface area contributed by atoms with Crippen LogP contribution >= 0.6 is 24.0 Å². The maximum Gasteiger partial charge on any atom is 0.345 e. The normalized spacial score (nSPS) is 18.9. The van der Waals surface area contributed by atoms with Gasteiger partial charge in [-0.2, -0.15) is 5.10 Å². The molecular formula is C19H34IN7O2. The van der Waals surface area contributed by atoms with Crippen LogP contribution < -0.4 is 16.3 Å². The predicted molar refractivity (Wildman–Crippen MR) is 124 cm³/mol. The summed E-state index contributed by atoms with van der Waals surface area (Å²) >= 11 is 0. The zero-order valence-electron chi connectivity index (χ0n) is 17.5. The smallest absolute Gasteiger partial charge is 0.345 e. The number of aliphatic imine (C=N–C) groups is 1. The number of carbonyl (C=O) groups excluding carboxylic acids is 1. The van der Waals surface area contributed by atoms with Gasteiger partial charge in [-0.3, -0.25) is 14.4 Å². The second-order valence-electron chi connectivity index (χ2n) is 7.47. The summed E-state index contributed by atoms with van der Waals surface area (Å²) < 4.78 is 3.39. The molecule has 0 bridgehead atoms. The van der Waals surface area contributed by atoms with Crippen molar-refractivity contribution in [1.29, 1.82) is 0 Å². The molecule has 0 aliphatic carbocycles. The first-order valence-corrected chi connectivity index (χ1v) is 10.6. The number of nitrogens with one attached hydrogen (secondary N) is 2. The van der Waals surface area contributed by atoms with Crippen molar-refractivity contribution in [3.63, 3.8) is 0 Å². The van der Waals surface area contributed by atoms with E-state index >= 15 is 0 Å². The lowest BCUT2D eigenvalue weighted by Gasteiger charge is -2.18. The van der Waals surface area contributed by atoms with Crippen LogP contribution in [-0.2, 0) is 24.3 Å². The fourth-order valence-electron chi connectivity index (χ4n) is 3.85. The molecule has 1 saturated heterocycles. The summed E-state index contributed by atoms with van der Waals surface area (Å²) in [5.74, 6) is 1.90. The standard InChI is InChI=1S/C19H33N7O2.HI/c1-3-17(27)24-13-9-15(14-24)22-18(20-4-2)21-10-7-12-26-19(28)25-11-6-5-8-16(25)23-26;/h15H,3-14H2,1-2H3,(H2,20,21,22);1H. The van der Waals surface area contributed by atoms with E-state index in [-0.39, 0.29) is 41.6 Å². The predicted octanol–water partition coefficient (Wildman–Crippen LogP) is 0.955. The molecule has 1 atom stereocenters. The number of rotatable bonds is 7. The fourth-order valence-corrected chi connectivity index (χ4v) is 3.85. The van der Waals surface area contributed by atoms with Crippen LogP contribution in [-0.4, -0.2) is 63.3 Å². The van der Waals surface area contributed by atoms with Gasteiger partial charge in [0.05, 0.1) is 0 Å². The highest BCUT2D eigenvalue weighted by Crippen LogP contribution is 2.11. The third-order valence-corrected chi connectivity index (χ3v) is 5.36. The Hall–Kier alpha value is -1.59. The topological polar surface area (TPSA) is 96.6 Å². The van der Waals surface area contributed by atoms with Gasteiger partial charge < -0.3 is 15.5 Å². The highest BCUT2D eigenvalue weighted by molar-refractivity contribution is 14.0. The Kier molecular flexibility index (Phi) is 9.44. The number of aryl methyl sites for hydroxylation is 2. The van der Waals surface area contributed by atoms with Gasteiger partial charge in [0.25, 0.3) is 0 Å². The third kappa shape index (κ3) is 6.19. The first-order valence-electron chi connectivity index (χ1n) is 10.6. The molecule has 0 radical (unpaired) electrons. The molecule has 0 spiro atoms. The van der Waals surface area contributed by atoms with Gasteiger partial charge in [-0.25, -0.2) is 9.48 Å². The van der Waals surface area contributed by atoms with E-state index in [9.17, 15) is 9.59 Å². The lowest BCUT2D eigenvalue weighted by atomic mass is 10.2. The van der Waals surface area contributed by atoms with Crippen molar-refractivity contribution in [2.45, 2.75) is 71.5 Å². The number of hydrogen-bond donors (Lipinski definition) is 2. The number of carbonyl (C=O) groups is 1. The number of likely N-dealkylation sites (tertiary alicyclic amines) is 1. The number of fused-ring (bicyclic) bond motifs is 1. The largest absolute Gasteiger partial charge is 0.357 e. The van der Waals surface area contributed by atoms with E-state index in [1.54, 1.807) is 4.68 Å². The summed E-state index contributed by atoms with van der Waals surface area (Å²) in [5, 5.41) is 11.2. The summed E-state index contributed by atoms with van der Waals surface area (Å²) in [6.07, 6.45) is 5.32. The molecule has 2 aliphatic heterocycles. The van der Waals surface area contributed by atoms with E-state index in [0.29, 0.717) is 19.5 Å². The molecule has 3 heterocycles. The average molecular weight is 519 g/mol. The molecule has 1 aromatic heterocycles. The molecule has 1 unspecified atom stereocenters. The summed E-state index contributed by atoms with van der Waals surface area (Å²) in [6, 6.07) is 0.232. The number of halogens is 1. The zero-order valence-corrected chi connectivity index (χ0v) is 19.9. The Balaban J connectivity index is 0.00000300. The van der Waals surface area contributed by atoms with Gasteiger partial charge in [0.15, 0.2) is 5.96 Å². The van der Waals surface area contributed by atoms with Gasteiger partial charge in [0, 0.05) is 58.2 Å². The number of aromatic nitrogens is 3. The SMILES string of the molecule is CCNC(=NCCCn1nc2n(c1=O)CCCC2)NC1CCN(C(=O)CC)C1.I. The van der Waals surface area contributed by atoms with Gasteiger partial charge in [-0.15, -0.1) is 24.0 Å². The second kappa shape index (κ2) is 11.6. The van der Waals surface area contributed by atoms with Crippen molar-refractivity contribution < 1.29 is 4.79 Å². The van der Waals surface area contributed by atoms with Gasteiger partial charge in [-0.1, -0.05) is 6.92 Å². The molecule has 29 heavy (non-hydrogen) atoms. The second-order valence-corrected chi connectivity index (χ2v) is 7.47. The molecule has 1 fully saturated rings. The van der Waals surface area contributed by atoms with Crippen LogP contribution in [0.15, 0.2) is 9.79 Å². The maximum absolute atomic E-state index is 12.4. The molecule has 1 amide bonds. The Morgan fingerprint density at radius 2 is 2.10 bits per heavy atom. The minimum Gasteiger partial charge on any atom is -0.357 e. The van der Waals surface area contributed by atoms with Gasteiger partial charge in [0.2, 0.25) is 5.91 Å². The molecule has 0 saturated carbocycles. The Morgan fingerprint density at radius 3 is 2.83 bits per heavy atom. The minimum absolute atomic E-state index is 0. The Bertz CT molecular complexity index is 758. The molecule has 9 nitrogen and oxygen atoms in total. The molecule has 0 aromatic carbocycles. The molecule has 10 heteroatoms. The lowest BCUT2D eigenvalue weighted by molar-refractivity contribution is -0.129. The van der Waals surface area contributed by atoms with E-state index in [2.05, 4.69) is 20.7 Å². The molecule has 2 aliphatic rings. The summed E-state index contributed by atoms with van der Waals surface area (Å²) in [5.41, 5.74) is 0.00958. The summed E-state index contributed by atoms with van der Waals surface area (Å²) in [7, 11) is 0. The van der Waals surface area contributed by atoms with Crippen LogP contribution in [0, 0.1) is 0 Å². The molecule has 164 valence electrons. The summed E-state index contributed by atoms with van der Waals surface area (Å²) in [6.45, 7) is 8.25. The highest BCUT2D eigenvalue weighted by Gasteiger charge is 2.25. The van der Waals surface area contributed by atoms with Crippen molar-refractivity contribution in [2.75, 3.05) is 26.2 Å². The van der Waals surface area contributed by atoms with E-state index in [1.165, 1.54) is 0 Å². The number of guanidine groups is 1. The van der Waals surface area contributed by atoms with Crippen LogP contribution in [0.2, 0.25) is 0 Å². The van der Waals surface area contributed by atoms with Crippen LogP contribution in [0.25, 0.3) is 0 Å². The van der Waals surface area contributed by atoms with Crippen LogP contribution in [0.4, 0.5) is 0 Å². The molecule has 1 aromatic rings. The molecule has 3 rings (SSSR count). The maximum atomic E-state index is 12.4. The van der Waals surface area contributed by atoms with Crippen molar-refractivity contribution in [1.82, 2.24) is 29.9 Å². The van der Waals surface area contributed by atoms with Gasteiger partial charge in [-0.05, 0) is 32.6 Å². The quantitative estimate of drug-likeness (QED) is 0.242. The average Bonchev–Trinajstić information content (AvgIpc) is 3.30. The third-order valence-electron chi connectivity index (χ3n) is 5.36. The van der Waals surface area contributed by atoms with E-state index in [1.807, 2.05) is 23.3 Å². The first kappa shape index (κ1) is 23.7. The van der Waals surface area contributed by atoms with Crippen LogP contribution in [0.3, 0.4) is 0 Å². The minimum atomic E-state index is 0.